The van der Waals surface area contributed by atoms with Gasteiger partial charge < -0.3 is 10.0 Å². The lowest BCUT2D eigenvalue weighted by molar-refractivity contribution is -0.132. The Morgan fingerprint density at radius 1 is 1.42 bits per heavy atom. The van der Waals surface area contributed by atoms with Crippen molar-refractivity contribution in [1.29, 1.82) is 0 Å². The minimum absolute atomic E-state index is 0.0161. The molecule has 0 saturated carbocycles. The maximum absolute atomic E-state index is 11.8. The first kappa shape index (κ1) is 13.5. The Bertz CT molecular complexity index is 513. The molecular formula is C14H18N2O3. The number of hydrogen-bond acceptors (Lipinski definition) is 4. The zero-order valence-electron chi connectivity index (χ0n) is 11.1. The molecule has 19 heavy (non-hydrogen) atoms. The number of aliphatic hydroxyl groups excluding tert-OH is 1. The molecule has 2 amide bonds. The Labute approximate surface area is 112 Å². The second kappa shape index (κ2) is 5.40. The van der Waals surface area contributed by atoms with Crippen molar-refractivity contribution >= 4 is 17.5 Å². The highest BCUT2D eigenvalue weighted by atomic mass is 16.3. The summed E-state index contributed by atoms with van der Waals surface area (Å²) in [5.41, 5.74) is 2.64. The van der Waals surface area contributed by atoms with Crippen LogP contribution in [0, 0.1) is 6.92 Å². The number of benzene rings is 1. The van der Waals surface area contributed by atoms with E-state index in [1.165, 1.54) is 0 Å². The number of rotatable bonds is 3. The summed E-state index contributed by atoms with van der Waals surface area (Å²) in [4.78, 5) is 25.2. The molecule has 0 aromatic heterocycles. The van der Waals surface area contributed by atoms with E-state index in [0.717, 1.165) is 16.8 Å². The van der Waals surface area contributed by atoms with Crippen molar-refractivity contribution in [2.75, 3.05) is 11.4 Å². The van der Waals surface area contributed by atoms with Gasteiger partial charge in [0.05, 0.1) is 13.2 Å². The van der Waals surface area contributed by atoms with Crippen LogP contribution in [-0.2, 0) is 16.2 Å². The second-order valence-corrected chi connectivity index (χ2v) is 4.74. The maximum Gasteiger partial charge on any atom is 0.249 e. The summed E-state index contributed by atoms with van der Waals surface area (Å²) in [5.74, 6) is -0.523. The fourth-order valence-corrected chi connectivity index (χ4v) is 2.46. The standard InChI is InChI=1S/C14H18N2O3/c1-3-11-14(19)15-13(18)7-16(11)12-5-4-10(8-17)6-9(12)2/h4-6,11,17H,3,7-8H2,1-2H3,(H,15,18,19). The highest BCUT2D eigenvalue weighted by Crippen LogP contribution is 2.25. The first-order valence-electron chi connectivity index (χ1n) is 6.37. The predicted octanol–water partition coefficient (Wildman–Crippen LogP) is 0.729. The topological polar surface area (TPSA) is 69.6 Å². The van der Waals surface area contributed by atoms with Gasteiger partial charge in [0.15, 0.2) is 0 Å². The zero-order chi connectivity index (χ0) is 14.0. The van der Waals surface area contributed by atoms with Gasteiger partial charge >= 0.3 is 0 Å². The number of anilines is 1. The monoisotopic (exact) mass is 262 g/mol. The van der Waals surface area contributed by atoms with Crippen LogP contribution in [0.5, 0.6) is 0 Å². The van der Waals surface area contributed by atoms with Crippen molar-refractivity contribution in [3.63, 3.8) is 0 Å². The molecule has 0 aliphatic carbocycles. The van der Waals surface area contributed by atoms with E-state index in [-0.39, 0.29) is 31.0 Å². The van der Waals surface area contributed by atoms with Crippen molar-refractivity contribution in [2.24, 2.45) is 0 Å². The molecule has 1 heterocycles. The Balaban J connectivity index is 2.37. The average molecular weight is 262 g/mol. The van der Waals surface area contributed by atoms with Gasteiger partial charge in [0, 0.05) is 5.69 Å². The van der Waals surface area contributed by atoms with Gasteiger partial charge in [0.2, 0.25) is 11.8 Å². The van der Waals surface area contributed by atoms with E-state index in [0.29, 0.717) is 6.42 Å². The summed E-state index contributed by atoms with van der Waals surface area (Å²) >= 11 is 0. The molecule has 0 bridgehead atoms. The van der Waals surface area contributed by atoms with Crippen molar-refractivity contribution in [3.8, 4) is 0 Å². The van der Waals surface area contributed by atoms with Crippen molar-refractivity contribution < 1.29 is 14.7 Å². The summed E-state index contributed by atoms with van der Waals surface area (Å²) in [5, 5.41) is 11.5. The van der Waals surface area contributed by atoms with Gasteiger partial charge in [-0.15, -0.1) is 0 Å². The zero-order valence-corrected chi connectivity index (χ0v) is 11.1. The van der Waals surface area contributed by atoms with Crippen molar-refractivity contribution in [2.45, 2.75) is 32.9 Å². The van der Waals surface area contributed by atoms with Gasteiger partial charge in [0.25, 0.3) is 0 Å². The van der Waals surface area contributed by atoms with E-state index in [1.54, 1.807) is 0 Å². The van der Waals surface area contributed by atoms with E-state index < -0.39 is 0 Å². The van der Waals surface area contributed by atoms with E-state index in [2.05, 4.69) is 5.32 Å². The van der Waals surface area contributed by atoms with Crippen LogP contribution in [0.15, 0.2) is 18.2 Å². The number of aliphatic hydroxyl groups is 1. The largest absolute Gasteiger partial charge is 0.392 e. The third kappa shape index (κ3) is 2.61. The molecule has 0 radical (unpaired) electrons. The molecule has 1 atom stereocenters. The molecule has 0 spiro atoms. The molecule has 1 aliphatic heterocycles. The number of carbonyl (C=O) groups is 2. The van der Waals surface area contributed by atoms with Gasteiger partial charge in [-0.3, -0.25) is 14.9 Å². The molecule has 102 valence electrons. The molecular weight excluding hydrogens is 244 g/mol. The third-order valence-corrected chi connectivity index (χ3v) is 3.40. The van der Waals surface area contributed by atoms with Crippen LogP contribution < -0.4 is 10.2 Å². The van der Waals surface area contributed by atoms with Crippen molar-refractivity contribution in [3.05, 3.63) is 29.3 Å². The fourth-order valence-electron chi connectivity index (χ4n) is 2.46. The van der Waals surface area contributed by atoms with E-state index in [4.69, 9.17) is 5.11 Å². The quantitative estimate of drug-likeness (QED) is 0.788. The van der Waals surface area contributed by atoms with Crippen LogP contribution in [0.4, 0.5) is 5.69 Å². The molecule has 1 aromatic rings. The number of piperazine rings is 1. The van der Waals surface area contributed by atoms with Gasteiger partial charge in [-0.25, -0.2) is 0 Å². The summed E-state index contributed by atoms with van der Waals surface area (Å²) in [6, 6.07) is 5.22. The molecule has 1 aliphatic rings. The maximum atomic E-state index is 11.8. The van der Waals surface area contributed by atoms with Gasteiger partial charge in [-0.2, -0.15) is 0 Å². The number of imide groups is 1. The summed E-state index contributed by atoms with van der Waals surface area (Å²) in [6.45, 7) is 4.00. The molecule has 1 aromatic carbocycles. The van der Waals surface area contributed by atoms with Crippen LogP contribution in [0.1, 0.15) is 24.5 Å². The number of amides is 2. The lowest BCUT2D eigenvalue weighted by Crippen LogP contribution is -2.58. The lowest BCUT2D eigenvalue weighted by Gasteiger charge is -2.36. The Morgan fingerprint density at radius 3 is 2.74 bits per heavy atom. The highest BCUT2D eigenvalue weighted by molar-refractivity contribution is 6.04. The first-order valence-corrected chi connectivity index (χ1v) is 6.37. The molecule has 1 fully saturated rings. The third-order valence-electron chi connectivity index (χ3n) is 3.40. The minimum atomic E-state index is -0.323. The Morgan fingerprint density at radius 2 is 2.16 bits per heavy atom. The molecule has 2 rings (SSSR count). The average Bonchev–Trinajstić information content (AvgIpc) is 2.37. The number of aryl methyl sites for hydroxylation is 1. The number of hydrogen-bond donors (Lipinski definition) is 2. The number of nitrogens with zero attached hydrogens (tertiary/aromatic N) is 1. The molecule has 5 nitrogen and oxygen atoms in total. The van der Waals surface area contributed by atoms with Crippen LogP contribution >= 0.6 is 0 Å². The van der Waals surface area contributed by atoms with Gasteiger partial charge in [-0.1, -0.05) is 19.1 Å². The minimum Gasteiger partial charge on any atom is -0.392 e. The molecule has 5 heteroatoms. The summed E-state index contributed by atoms with van der Waals surface area (Å²) in [7, 11) is 0. The fraction of sp³-hybridized carbons (Fsp3) is 0.429. The normalized spacial score (nSPS) is 19.5. The van der Waals surface area contributed by atoms with Crippen LogP contribution in [0.2, 0.25) is 0 Å². The van der Waals surface area contributed by atoms with Crippen LogP contribution in [0.3, 0.4) is 0 Å². The van der Waals surface area contributed by atoms with E-state index in [9.17, 15) is 9.59 Å². The summed E-state index contributed by atoms with van der Waals surface area (Å²) in [6.07, 6.45) is 0.639. The predicted molar refractivity (Wildman–Crippen MR) is 71.7 cm³/mol. The SMILES string of the molecule is CCC1C(=O)NC(=O)CN1c1ccc(CO)cc1C. The van der Waals surface area contributed by atoms with Crippen LogP contribution in [-0.4, -0.2) is 29.5 Å². The van der Waals surface area contributed by atoms with Gasteiger partial charge in [0.1, 0.15) is 6.04 Å². The highest BCUT2D eigenvalue weighted by Gasteiger charge is 2.33. The Kier molecular flexibility index (Phi) is 3.85. The number of nitrogens with one attached hydrogen (secondary N) is 1. The smallest absolute Gasteiger partial charge is 0.249 e. The summed E-state index contributed by atoms with van der Waals surface area (Å²) < 4.78 is 0. The lowest BCUT2D eigenvalue weighted by atomic mass is 10.0. The van der Waals surface area contributed by atoms with Crippen molar-refractivity contribution in [1.82, 2.24) is 5.32 Å². The molecule has 1 unspecified atom stereocenters. The first-order chi connectivity index (χ1) is 9.06. The second-order valence-electron chi connectivity index (χ2n) is 4.74. The van der Waals surface area contributed by atoms with Gasteiger partial charge in [-0.05, 0) is 30.5 Å². The molecule has 2 N–H and O–H groups in total. The number of carbonyl (C=O) groups excluding carboxylic acids is 2. The Hall–Kier alpha value is -1.88. The van der Waals surface area contributed by atoms with E-state index in [1.807, 2.05) is 36.9 Å². The van der Waals surface area contributed by atoms with E-state index >= 15 is 0 Å². The van der Waals surface area contributed by atoms with Crippen LogP contribution in [0.25, 0.3) is 0 Å². The molecule has 1 saturated heterocycles.